The predicted molar refractivity (Wildman–Crippen MR) is 62.9 cm³/mol. The summed E-state index contributed by atoms with van der Waals surface area (Å²) in [6.07, 6.45) is 4.47. The first-order chi connectivity index (χ1) is 7.72. The summed E-state index contributed by atoms with van der Waals surface area (Å²) in [5.41, 5.74) is 0.769. The maximum atomic E-state index is 10.2. The number of ether oxygens (including phenoxy) is 1. The van der Waals surface area contributed by atoms with Crippen molar-refractivity contribution in [2.75, 3.05) is 6.61 Å². The molecule has 0 heterocycles. The largest absolute Gasteiger partial charge is 0.494 e. The predicted octanol–water partition coefficient (Wildman–Crippen LogP) is 3.11. The fraction of sp³-hybridized carbons (Fsp3) is 0.333. The van der Waals surface area contributed by atoms with Crippen LogP contribution in [0, 0.1) is 10.1 Å². The Kier molecular flexibility index (Phi) is 5.05. The van der Waals surface area contributed by atoms with E-state index in [0.29, 0.717) is 6.61 Å². The van der Waals surface area contributed by atoms with Crippen molar-refractivity contribution in [2.45, 2.75) is 19.8 Å². The molecule has 0 aliphatic carbocycles. The van der Waals surface area contributed by atoms with Crippen molar-refractivity contribution in [3.05, 3.63) is 46.1 Å². The van der Waals surface area contributed by atoms with Crippen LogP contribution in [0.2, 0.25) is 0 Å². The first kappa shape index (κ1) is 12.2. The molecule has 0 saturated carbocycles. The van der Waals surface area contributed by atoms with Crippen LogP contribution in [0.15, 0.2) is 30.5 Å². The molecule has 0 unspecified atom stereocenters. The third-order valence-electron chi connectivity index (χ3n) is 2.01. The lowest BCUT2D eigenvalue weighted by molar-refractivity contribution is -0.400. The smallest absolute Gasteiger partial charge is 0.235 e. The Bertz CT molecular complexity index is 374. The lowest BCUT2D eigenvalue weighted by Gasteiger charge is -2.05. The second kappa shape index (κ2) is 6.61. The van der Waals surface area contributed by atoms with E-state index in [9.17, 15) is 10.1 Å². The average molecular weight is 221 g/mol. The van der Waals surface area contributed by atoms with Gasteiger partial charge in [-0.25, -0.2) is 0 Å². The molecule has 86 valence electrons. The third-order valence-corrected chi connectivity index (χ3v) is 2.01. The Morgan fingerprint density at radius 3 is 3.00 bits per heavy atom. The van der Waals surface area contributed by atoms with Gasteiger partial charge in [0.05, 0.1) is 11.5 Å². The molecule has 1 aromatic rings. The van der Waals surface area contributed by atoms with Crippen molar-refractivity contribution in [2.24, 2.45) is 0 Å². The van der Waals surface area contributed by atoms with Crippen LogP contribution < -0.4 is 4.74 Å². The van der Waals surface area contributed by atoms with Crippen molar-refractivity contribution in [3.8, 4) is 5.75 Å². The Labute approximate surface area is 94.7 Å². The molecule has 0 saturated heterocycles. The quantitative estimate of drug-likeness (QED) is 0.421. The molecule has 0 spiro atoms. The van der Waals surface area contributed by atoms with E-state index in [2.05, 4.69) is 6.92 Å². The topological polar surface area (TPSA) is 52.4 Å². The highest BCUT2D eigenvalue weighted by atomic mass is 16.6. The van der Waals surface area contributed by atoms with Crippen molar-refractivity contribution >= 4 is 6.08 Å². The molecule has 0 bridgehead atoms. The fourth-order valence-corrected chi connectivity index (χ4v) is 1.19. The van der Waals surface area contributed by atoms with Gasteiger partial charge in [0.1, 0.15) is 5.75 Å². The van der Waals surface area contributed by atoms with Gasteiger partial charge in [0.25, 0.3) is 0 Å². The number of rotatable bonds is 6. The molecule has 1 aromatic carbocycles. The molecule has 0 atom stereocenters. The molecule has 0 aliphatic heterocycles. The van der Waals surface area contributed by atoms with Gasteiger partial charge in [0.2, 0.25) is 6.20 Å². The number of unbranched alkanes of at least 4 members (excludes halogenated alkanes) is 1. The lowest BCUT2D eigenvalue weighted by atomic mass is 10.2. The van der Waals surface area contributed by atoms with E-state index in [1.807, 2.05) is 12.1 Å². The number of hydrogen-bond donors (Lipinski definition) is 0. The summed E-state index contributed by atoms with van der Waals surface area (Å²) in [4.78, 5) is 9.67. The highest BCUT2D eigenvalue weighted by molar-refractivity contribution is 5.50. The molecule has 0 aliphatic rings. The van der Waals surface area contributed by atoms with Crippen molar-refractivity contribution in [1.29, 1.82) is 0 Å². The summed E-state index contributed by atoms with van der Waals surface area (Å²) < 4.78 is 5.49. The van der Waals surface area contributed by atoms with Crippen molar-refractivity contribution in [1.82, 2.24) is 0 Å². The van der Waals surface area contributed by atoms with E-state index in [0.717, 1.165) is 30.4 Å². The summed E-state index contributed by atoms with van der Waals surface area (Å²) in [6, 6.07) is 7.25. The van der Waals surface area contributed by atoms with Gasteiger partial charge in [-0.15, -0.1) is 0 Å². The number of benzene rings is 1. The van der Waals surface area contributed by atoms with Gasteiger partial charge < -0.3 is 4.74 Å². The Hall–Kier alpha value is -1.84. The minimum Gasteiger partial charge on any atom is -0.494 e. The Morgan fingerprint density at radius 1 is 1.50 bits per heavy atom. The highest BCUT2D eigenvalue weighted by Crippen LogP contribution is 2.14. The van der Waals surface area contributed by atoms with Gasteiger partial charge in [0, 0.05) is 6.08 Å². The number of hydrogen-bond acceptors (Lipinski definition) is 3. The molecule has 0 aromatic heterocycles. The van der Waals surface area contributed by atoms with E-state index in [1.54, 1.807) is 12.1 Å². The summed E-state index contributed by atoms with van der Waals surface area (Å²) >= 11 is 0. The van der Waals surface area contributed by atoms with Gasteiger partial charge in [-0.3, -0.25) is 10.1 Å². The fourth-order valence-electron chi connectivity index (χ4n) is 1.19. The van der Waals surface area contributed by atoms with Gasteiger partial charge in [-0.1, -0.05) is 25.5 Å². The molecule has 0 radical (unpaired) electrons. The highest BCUT2D eigenvalue weighted by Gasteiger charge is 1.95. The monoisotopic (exact) mass is 221 g/mol. The first-order valence-electron chi connectivity index (χ1n) is 5.27. The second-order valence-corrected chi connectivity index (χ2v) is 3.38. The molecule has 0 fully saturated rings. The summed E-state index contributed by atoms with van der Waals surface area (Å²) in [6.45, 7) is 2.78. The van der Waals surface area contributed by atoms with Crippen LogP contribution in [0.1, 0.15) is 25.3 Å². The summed E-state index contributed by atoms with van der Waals surface area (Å²) in [7, 11) is 0. The minimum absolute atomic E-state index is 0.482. The van der Waals surface area contributed by atoms with Crippen molar-refractivity contribution in [3.63, 3.8) is 0 Å². The van der Waals surface area contributed by atoms with Crippen LogP contribution in [-0.2, 0) is 0 Å². The van der Waals surface area contributed by atoms with E-state index in [-0.39, 0.29) is 0 Å². The molecule has 16 heavy (non-hydrogen) atoms. The standard InChI is InChI=1S/C12H15NO3/c1-2-3-9-16-12-6-4-5-11(10-12)7-8-13(14)15/h4-8,10H,2-3,9H2,1H3. The van der Waals surface area contributed by atoms with Crippen LogP contribution in [-0.4, -0.2) is 11.5 Å². The summed E-state index contributed by atoms with van der Waals surface area (Å²) in [5, 5.41) is 10.2. The van der Waals surface area contributed by atoms with Gasteiger partial charge in [0.15, 0.2) is 0 Å². The zero-order chi connectivity index (χ0) is 11.8. The average Bonchev–Trinajstić information content (AvgIpc) is 2.27. The summed E-state index contributed by atoms with van der Waals surface area (Å²) in [5.74, 6) is 0.749. The molecule has 1 rings (SSSR count). The molecular formula is C12H15NO3. The molecule has 0 N–H and O–H groups in total. The molecule has 0 amide bonds. The van der Waals surface area contributed by atoms with Gasteiger partial charge in [-0.05, 0) is 24.1 Å². The Morgan fingerprint density at radius 2 is 2.31 bits per heavy atom. The number of nitrogens with zero attached hydrogens (tertiary/aromatic N) is 1. The maximum absolute atomic E-state index is 10.2. The first-order valence-corrected chi connectivity index (χ1v) is 5.27. The Balaban J connectivity index is 2.60. The molecule has 4 heteroatoms. The zero-order valence-electron chi connectivity index (χ0n) is 9.26. The van der Waals surface area contributed by atoms with E-state index in [1.165, 1.54) is 6.08 Å². The molecule has 4 nitrogen and oxygen atoms in total. The third kappa shape index (κ3) is 4.59. The van der Waals surface area contributed by atoms with Crippen LogP contribution in [0.25, 0.3) is 6.08 Å². The molecular weight excluding hydrogens is 206 g/mol. The minimum atomic E-state index is -0.482. The normalized spacial score (nSPS) is 10.6. The van der Waals surface area contributed by atoms with Gasteiger partial charge >= 0.3 is 0 Å². The SMILES string of the molecule is CCCCOc1cccc(C=C[N+](=O)[O-])c1. The van der Waals surface area contributed by atoms with E-state index < -0.39 is 4.92 Å². The van der Waals surface area contributed by atoms with E-state index >= 15 is 0 Å². The lowest BCUT2D eigenvalue weighted by Crippen LogP contribution is -1.96. The second-order valence-electron chi connectivity index (χ2n) is 3.38. The van der Waals surface area contributed by atoms with Crippen LogP contribution >= 0.6 is 0 Å². The van der Waals surface area contributed by atoms with Gasteiger partial charge in [-0.2, -0.15) is 0 Å². The van der Waals surface area contributed by atoms with Crippen molar-refractivity contribution < 1.29 is 9.66 Å². The maximum Gasteiger partial charge on any atom is 0.235 e. The van der Waals surface area contributed by atoms with Crippen LogP contribution in [0.3, 0.4) is 0 Å². The van der Waals surface area contributed by atoms with Crippen LogP contribution in [0.5, 0.6) is 5.75 Å². The number of nitro groups is 1. The zero-order valence-corrected chi connectivity index (χ0v) is 9.26. The van der Waals surface area contributed by atoms with Crippen LogP contribution in [0.4, 0.5) is 0 Å². The van der Waals surface area contributed by atoms with E-state index in [4.69, 9.17) is 4.74 Å².